The first-order valence-corrected chi connectivity index (χ1v) is 26.2. The van der Waals surface area contributed by atoms with Crippen LogP contribution in [0.4, 0.5) is 0 Å². The van der Waals surface area contributed by atoms with E-state index in [0.29, 0.717) is 34.8 Å². The van der Waals surface area contributed by atoms with E-state index in [9.17, 15) is 29.1 Å². The van der Waals surface area contributed by atoms with Crippen molar-refractivity contribution in [2.24, 2.45) is 5.92 Å². The Morgan fingerprint density at radius 1 is 0.833 bits per heavy atom. The molecule has 72 heavy (non-hydrogen) atoms. The Morgan fingerprint density at radius 2 is 1.43 bits per heavy atom. The molecule has 0 spiro atoms. The van der Waals surface area contributed by atoms with E-state index in [1.54, 1.807) is 65.7 Å². The third-order valence-corrected chi connectivity index (χ3v) is 15.9. The number of carbonyl (C=O) groups excluding carboxylic acids is 5. The number of fused-ring (bicyclic) bond motifs is 1. The van der Waals surface area contributed by atoms with Gasteiger partial charge in [-0.1, -0.05) is 80.5 Å². The highest BCUT2D eigenvalue weighted by molar-refractivity contribution is 7.13. The molecule has 3 N–H and O–H groups in total. The fraction of sp³-hybridized carbons (Fsp3) is 0.407. The number of carbonyl (C=O) groups is 5. The van der Waals surface area contributed by atoms with Gasteiger partial charge in [0.2, 0.25) is 23.6 Å². The van der Waals surface area contributed by atoms with E-state index in [1.165, 1.54) is 9.80 Å². The van der Waals surface area contributed by atoms with Gasteiger partial charge in [0.15, 0.2) is 0 Å². The van der Waals surface area contributed by atoms with Crippen molar-refractivity contribution < 1.29 is 38.3 Å². The summed E-state index contributed by atoms with van der Waals surface area (Å²) in [5.74, 6) is -1.97. The molecule has 6 heterocycles. The highest BCUT2D eigenvalue weighted by atomic mass is 32.1. The number of aliphatic hydroxyl groups is 1. The maximum Gasteiger partial charge on any atom is 0.255 e. The molecule has 3 aliphatic rings. The van der Waals surface area contributed by atoms with Gasteiger partial charge >= 0.3 is 0 Å². The average Bonchev–Trinajstić information content (AvgIpc) is 4.24. The van der Waals surface area contributed by atoms with Crippen molar-refractivity contribution in [3.63, 3.8) is 0 Å². The lowest BCUT2D eigenvalue weighted by atomic mass is 10.00. The molecule has 6 aromatic rings. The Balaban J connectivity index is 0.875. The monoisotopic (exact) mass is 1010 g/mol. The zero-order valence-corrected chi connectivity index (χ0v) is 43.1. The second-order valence-electron chi connectivity index (χ2n) is 19.8. The van der Waals surface area contributed by atoms with Gasteiger partial charge in [-0.2, -0.15) is 0 Å². The highest BCUT2D eigenvalue weighted by Crippen LogP contribution is 2.36. The van der Waals surface area contributed by atoms with Gasteiger partial charge in [0.05, 0.1) is 62.5 Å². The van der Waals surface area contributed by atoms with Crippen molar-refractivity contribution >= 4 is 52.2 Å². The van der Waals surface area contributed by atoms with Crippen molar-refractivity contribution in [3.05, 3.63) is 129 Å². The number of hydrogen-bond acceptors (Lipinski definition) is 13. The molecule has 3 aromatic carbocycles. The van der Waals surface area contributed by atoms with Gasteiger partial charge in [0.1, 0.15) is 35.7 Å². The van der Waals surface area contributed by atoms with Crippen LogP contribution in [0.15, 0.2) is 88.3 Å². The Labute approximate surface area is 426 Å². The second kappa shape index (κ2) is 20.8. The van der Waals surface area contributed by atoms with Crippen LogP contribution in [-0.4, -0.2) is 107 Å². The lowest BCUT2D eigenvalue weighted by Crippen LogP contribution is -2.55. The number of likely N-dealkylation sites (tertiary alicyclic amines) is 2. The van der Waals surface area contributed by atoms with Crippen molar-refractivity contribution in [3.8, 4) is 26.6 Å². The lowest BCUT2D eigenvalue weighted by Gasteiger charge is -2.35. The third kappa shape index (κ3) is 10.4. The average molecular weight is 1010 g/mol. The fourth-order valence-electron chi connectivity index (χ4n) is 10.2. The summed E-state index contributed by atoms with van der Waals surface area (Å²) in [5, 5.41) is 21.3. The highest BCUT2D eigenvalue weighted by Gasteiger charge is 2.50. The SMILES string of the molecule is CCC(C(=O)N1C[C@H](Oc2ccc3c(c2)C(=O)N([C@H](C(=O)N2C[C@](C)(O)C[C@H]2C(=O)NCc2ccc(-c4scnc4C)cc2)C(C)C)C3)C[C@H]1C(=O)NCc1ccc(-c2scnc2C)cc1)c1cc(C)no1. The molecule has 18 heteroatoms. The number of aromatic nitrogens is 3. The van der Waals surface area contributed by atoms with Crippen LogP contribution < -0.4 is 15.4 Å². The number of benzene rings is 3. The van der Waals surface area contributed by atoms with Crippen LogP contribution in [0.3, 0.4) is 0 Å². The summed E-state index contributed by atoms with van der Waals surface area (Å²) in [6.07, 6.45) is 0.0618. The number of nitrogens with one attached hydrogen (secondary N) is 2. The first-order valence-electron chi connectivity index (χ1n) is 24.4. The number of hydrogen-bond donors (Lipinski definition) is 3. The van der Waals surface area contributed by atoms with Gasteiger partial charge in [-0.25, -0.2) is 9.97 Å². The molecule has 6 atom stereocenters. The van der Waals surface area contributed by atoms with Gasteiger partial charge in [0, 0.05) is 44.1 Å². The standard InChI is InChI=1S/C54H60N8O8S2/c1-8-41(45-19-31(4)59-70-45)51(65)60-26-40(21-43(60)49(63)55-23-34-9-13-36(14-10-34)47-32(5)57-28-71-47)69-39-18-17-38-25-61(52(66)42(38)20-39)46(30(2)3)53(67)62-27-54(7,68)22-44(62)50(64)56-24-35-11-15-37(16-12-35)48-33(6)58-29-72-48/h9-20,28-30,40-41,43-44,46,68H,8,21-27H2,1-7H3,(H,55,63)(H,56,64)/t40-,41?,43+,44+,46+,54-/m1/s1. The van der Waals surface area contributed by atoms with Crippen LogP contribution in [0.1, 0.15) is 103 Å². The van der Waals surface area contributed by atoms with Gasteiger partial charge < -0.3 is 39.7 Å². The van der Waals surface area contributed by atoms with E-state index in [4.69, 9.17) is 9.26 Å². The Morgan fingerprint density at radius 3 is 1.96 bits per heavy atom. The molecule has 0 aliphatic carbocycles. The van der Waals surface area contributed by atoms with Crippen LogP contribution >= 0.6 is 22.7 Å². The van der Waals surface area contributed by atoms with Gasteiger partial charge in [-0.15, -0.1) is 22.7 Å². The minimum absolute atomic E-state index is 0.0432. The van der Waals surface area contributed by atoms with E-state index in [-0.39, 0.29) is 75.1 Å². The second-order valence-corrected chi connectivity index (χ2v) is 21.5. The molecule has 16 nitrogen and oxygen atoms in total. The van der Waals surface area contributed by atoms with E-state index in [2.05, 4.69) is 25.8 Å². The summed E-state index contributed by atoms with van der Waals surface area (Å²) >= 11 is 3.14. The van der Waals surface area contributed by atoms with E-state index in [0.717, 1.165) is 43.4 Å². The number of aryl methyl sites for hydroxylation is 3. The molecule has 1 unspecified atom stereocenters. The molecule has 2 fully saturated rings. The zero-order valence-electron chi connectivity index (χ0n) is 41.5. The molecule has 0 saturated carbocycles. The molecule has 9 rings (SSSR count). The van der Waals surface area contributed by atoms with Crippen molar-refractivity contribution in [2.75, 3.05) is 13.1 Å². The van der Waals surface area contributed by atoms with Crippen LogP contribution in [-0.2, 0) is 38.8 Å². The van der Waals surface area contributed by atoms with Crippen molar-refractivity contribution in [1.29, 1.82) is 0 Å². The zero-order chi connectivity index (χ0) is 51.0. The Kier molecular flexibility index (Phi) is 14.5. The quantitative estimate of drug-likeness (QED) is 0.0876. The molecule has 3 aliphatic heterocycles. The largest absolute Gasteiger partial charge is 0.488 e. The number of thiazole rings is 2. The third-order valence-electron chi connectivity index (χ3n) is 13.9. The van der Waals surface area contributed by atoms with Crippen LogP contribution in [0.25, 0.3) is 20.9 Å². The summed E-state index contributed by atoms with van der Waals surface area (Å²) in [6, 6.07) is 20.0. The number of ether oxygens (including phenoxy) is 1. The number of nitrogens with zero attached hydrogens (tertiary/aromatic N) is 6. The molecule has 0 radical (unpaired) electrons. The van der Waals surface area contributed by atoms with Gasteiger partial charge in [-0.3, -0.25) is 24.0 Å². The summed E-state index contributed by atoms with van der Waals surface area (Å²) in [4.78, 5) is 86.8. The molecular weight excluding hydrogens is 953 g/mol. The van der Waals surface area contributed by atoms with E-state index >= 15 is 0 Å². The number of β-amino-alcohol motifs (C(OH)–C–C–N with tert-alkyl or cyclic N) is 1. The summed E-state index contributed by atoms with van der Waals surface area (Å²) < 4.78 is 12.1. The molecular formula is C54H60N8O8S2. The predicted molar refractivity (Wildman–Crippen MR) is 273 cm³/mol. The Bertz CT molecular complexity index is 2980. The molecule has 5 amide bonds. The molecule has 376 valence electrons. The minimum Gasteiger partial charge on any atom is -0.488 e. The minimum atomic E-state index is -1.32. The first-order chi connectivity index (χ1) is 34.5. The molecule has 3 aromatic heterocycles. The summed E-state index contributed by atoms with van der Waals surface area (Å²) in [5.41, 5.74) is 9.80. The smallest absolute Gasteiger partial charge is 0.255 e. The normalized spacial score (nSPS) is 20.5. The van der Waals surface area contributed by atoms with Crippen LogP contribution in [0.5, 0.6) is 5.75 Å². The van der Waals surface area contributed by atoms with Crippen LogP contribution in [0, 0.1) is 26.7 Å². The Hall–Kier alpha value is -6.76. The first kappa shape index (κ1) is 50.2. The van der Waals surface area contributed by atoms with E-state index in [1.807, 2.05) is 94.2 Å². The van der Waals surface area contributed by atoms with Gasteiger partial charge in [0.25, 0.3) is 5.91 Å². The summed E-state index contributed by atoms with van der Waals surface area (Å²) in [6.45, 7) is 13.6. The molecule has 2 saturated heterocycles. The van der Waals surface area contributed by atoms with Gasteiger partial charge in [-0.05, 0) is 80.0 Å². The summed E-state index contributed by atoms with van der Waals surface area (Å²) in [7, 11) is 0. The van der Waals surface area contributed by atoms with E-state index < -0.39 is 41.7 Å². The maximum atomic E-state index is 14.7. The van der Waals surface area contributed by atoms with Crippen LogP contribution in [0.2, 0.25) is 0 Å². The molecule has 0 bridgehead atoms. The fourth-order valence-corrected chi connectivity index (χ4v) is 11.8. The van der Waals surface area contributed by atoms with Crippen molar-refractivity contribution in [1.82, 2.24) is 40.5 Å². The topological polar surface area (TPSA) is 200 Å². The maximum absolute atomic E-state index is 14.7. The number of amides is 5. The predicted octanol–water partition coefficient (Wildman–Crippen LogP) is 7.35. The van der Waals surface area contributed by atoms with Crippen molar-refractivity contribution in [2.45, 2.75) is 123 Å². The lowest BCUT2D eigenvalue weighted by molar-refractivity contribution is -0.143. The number of rotatable bonds is 16.